The summed E-state index contributed by atoms with van der Waals surface area (Å²) >= 11 is 0. The standard InChI is InChI=1S/C11H22N2O/c1-9(2)13-5-4-10-11(8-13)14-7-6-12(10)3/h9-11H,4-8H2,1-3H3. The summed E-state index contributed by atoms with van der Waals surface area (Å²) in [5.74, 6) is 0. The molecule has 0 radical (unpaired) electrons. The topological polar surface area (TPSA) is 15.7 Å². The van der Waals surface area contributed by atoms with Crippen LogP contribution in [-0.4, -0.2) is 61.3 Å². The molecule has 0 aromatic heterocycles. The molecule has 0 saturated carbocycles. The van der Waals surface area contributed by atoms with Crippen molar-refractivity contribution in [2.75, 3.05) is 33.3 Å². The molecule has 2 aliphatic heterocycles. The molecule has 2 fully saturated rings. The summed E-state index contributed by atoms with van der Waals surface area (Å²) in [6.07, 6.45) is 1.71. The number of rotatable bonds is 1. The Bertz CT molecular complexity index is 196. The fraction of sp³-hybridized carbons (Fsp3) is 1.00. The minimum atomic E-state index is 0.449. The average Bonchev–Trinajstić information content (AvgIpc) is 2.17. The Morgan fingerprint density at radius 1 is 1.29 bits per heavy atom. The van der Waals surface area contributed by atoms with E-state index in [0.29, 0.717) is 18.2 Å². The maximum absolute atomic E-state index is 5.85. The van der Waals surface area contributed by atoms with Crippen LogP contribution in [-0.2, 0) is 4.74 Å². The predicted molar refractivity (Wildman–Crippen MR) is 57.5 cm³/mol. The zero-order chi connectivity index (χ0) is 10.1. The summed E-state index contributed by atoms with van der Waals surface area (Å²) in [5.41, 5.74) is 0. The molecule has 82 valence electrons. The summed E-state index contributed by atoms with van der Waals surface area (Å²) in [7, 11) is 2.23. The molecule has 3 nitrogen and oxygen atoms in total. The molecule has 0 amide bonds. The van der Waals surface area contributed by atoms with Crippen molar-refractivity contribution in [2.45, 2.75) is 38.5 Å². The molecule has 0 N–H and O–H groups in total. The first kappa shape index (κ1) is 10.4. The zero-order valence-electron chi connectivity index (χ0n) is 9.57. The van der Waals surface area contributed by atoms with Crippen LogP contribution in [0.2, 0.25) is 0 Å². The SMILES string of the molecule is CC(C)N1CCC2C(C1)OCCN2C. The highest BCUT2D eigenvalue weighted by atomic mass is 16.5. The van der Waals surface area contributed by atoms with E-state index in [4.69, 9.17) is 4.74 Å². The Labute approximate surface area is 87.0 Å². The maximum atomic E-state index is 5.85. The number of nitrogens with zero attached hydrogens (tertiary/aromatic N) is 2. The van der Waals surface area contributed by atoms with Gasteiger partial charge in [-0.3, -0.25) is 9.80 Å². The number of piperidine rings is 1. The molecular weight excluding hydrogens is 176 g/mol. The fourth-order valence-electron chi connectivity index (χ4n) is 2.58. The lowest BCUT2D eigenvalue weighted by molar-refractivity contribution is -0.100. The van der Waals surface area contributed by atoms with E-state index < -0.39 is 0 Å². The van der Waals surface area contributed by atoms with Crippen LogP contribution in [0.1, 0.15) is 20.3 Å². The monoisotopic (exact) mass is 198 g/mol. The normalized spacial score (nSPS) is 36.0. The maximum Gasteiger partial charge on any atom is 0.0857 e. The van der Waals surface area contributed by atoms with Gasteiger partial charge in [-0.1, -0.05) is 0 Å². The van der Waals surface area contributed by atoms with Crippen LogP contribution < -0.4 is 0 Å². The second kappa shape index (κ2) is 4.17. The van der Waals surface area contributed by atoms with E-state index in [2.05, 4.69) is 30.7 Å². The number of fused-ring (bicyclic) bond motifs is 1. The van der Waals surface area contributed by atoms with E-state index >= 15 is 0 Å². The van der Waals surface area contributed by atoms with Gasteiger partial charge in [-0.05, 0) is 27.3 Å². The van der Waals surface area contributed by atoms with Crippen molar-refractivity contribution < 1.29 is 4.74 Å². The predicted octanol–water partition coefficient (Wildman–Crippen LogP) is 0.800. The van der Waals surface area contributed by atoms with Crippen molar-refractivity contribution in [3.05, 3.63) is 0 Å². The van der Waals surface area contributed by atoms with E-state index in [1.807, 2.05) is 0 Å². The van der Waals surface area contributed by atoms with Crippen LogP contribution in [0, 0.1) is 0 Å². The highest BCUT2D eigenvalue weighted by Gasteiger charge is 2.35. The second-order valence-electron chi connectivity index (χ2n) is 4.83. The lowest BCUT2D eigenvalue weighted by Crippen LogP contribution is -2.59. The largest absolute Gasteiger partial charge is 0.374 e. The molecule has 2 heterocycles. The van der Waals surface area contributed by atoms with Gasteiger partial charge in [0.1, 0.15) is 0 Å². The van der Waals surface area contributed by atoms with Gasteiger partial charge in [-0.25, -0.2) is 0 Å². The van der Waals surface area contributed by atoms with Gasteiger partial charge in [0.05, 0.1) is 12.7 Å². The minimum Gasteiger partial charge on any atom is -0.374 e. The molecule has 2 unspecified atom stereocenters. The molecule has 0 bridgehead atoms. The summed E-state index contributed by atoms with van der Waals surface area (Å²) in [5, 5.41) is 0. The van der Waals surface area contributed by atoms with Gasteiger partial charge >= 0.3 is 0 Å². The molecule has 0 aromatic carbocycles. The molecule has 2 aliphatic rings. The van der Waals surface area contributed by atoms with Gasteiger partial charge in [0, 0.05) is 31.7 Å². The summed E-state index contributed by atoms with van der Waals surface area (Å²) < 4.78 is 5.85. The Morgan fingerprint density at radius 3 is 2.79 bits per heavy atom. The Kier molecular flexibility index (Phi) is 3.10. The van der Waals surface area contributed by atoms with Gasteiger partial charge in [-0.2, -0.15) is 0 Å². The first-order chi connectivity index (χ1) is 6.68. The molecule has 2 rings (SSSR count). The summed E-state index contributed by atoms with van der Waals surface area (Å²) in [6, 6.07) is 1.32. The van der Waals surface area contributed by atoms with Crippen molar-refractivity contribution in [3.63, 3.8) is 0 Å². The smallest absolute Gasteiger partial charge is 0.0857 e. The van der Waals surface area contributed by atoms with Crippen LogP contribution in [0.4, 0.5) is 0 Å². The number of hydrogen-bond donors (Lipinski definition) is 0. The van der Waals surface area contributed by atoms with Crippen molar-refractivity contribution >= 4 is 0 Å². The summed E-state index contributed by atoms with van der Waals surface area (Å²) in [6.45, 7) is 8.89. The fourth-order valence-corrected chi connectivity index (χ4v) is 2.58. The first-order valence-electron chi connectivity index (χ1n) is 5.74. The van der Waals surface area contributed by atoms with E-state index in [-0.39, 0.29) is 0 Å². The van der Waals surface area contributed by atoms with E-state index in [0.717, 1.165) is 19.7 Å². The van der Waals surface area contributed by atoms with Crippen molar-refractivity contribution in [3.8, 4) is 0 Å². The zero-order valence-corrected chi connectivity index (χ0v) is 9.57. The number of likely N-dealkylation sites (N-methyl/N-ethyl adjacent to an activating group) is 1. The van der Waals surface area contributed by atoms with Crippen molar-refractivity contribution in [1.29, 1.82) is 0 Å². The third-order valence-electron chi connectivity index (χ3n) is 3.63. The van der Waals surface area contributed by atoms with Crippen LogP contribution in [0.5, 0.6) is 0 Å². The molecule has 3 heteroatoms. The van der Waals surface area contributed by atoms with Gasteiger partial charge in [0.15, 0.2) is 0 Å². The molecule has 14 heavy (non-hydrogen) atoms. The van der Waals surface area contributed by atoms with Crippen LogP contribution in [0.15, 0.2) is 0 Å². The van der Waals surface area contributed by atoms with Crippen molar-refractivity contribution in [2.24, 2.45) is 0 Å². The number of ether oxygens (including phenoxy) is 1. The minimum absolute atomic E-state index is 0.449. The highest BCUT2D eigenvalue weighted by Crippen LogP contribution is 2.22. The van der Waals surface area contributed by atoms with Gasteiger partial charge in [0.25, 0.3) is 0 Å². The average molecular weight is 198 g/mol. The molecular formula is C11H22N2O. The molecule has 0 aromatic rings. The number of morpholine rings is 1. The summed E-state index contributed by atoms with van der Waals surface area (Å²) in [4.78, 5) is 4.99. The van der Waals surface area contributed by atoms with Crippen molar-refractivity contribution in [1.82, 2.24) is 9.80 Å². The molecule has 0 aliphatic carbocycles. The van der Waals surface area contributed by atoms with E-state index in [9.17, 15) is 0 Å². The number of likely N-dealkylation sites (tertiary alicyclic amines) is 1. The second-order valence-corrected chi connectivity index (χ2v) is 4.83. The van der Waals surface area contributed by atoms with E-state index in [1.165, 1.54) is 13.0 Å². The molecule has 2 saturated heterocycles. The van der Waals surface area contributed by atoms with Gasteiger partial charge < -0.3 is 4.74 Å². The van der Waals surface area contributed by atoms with Gasteiger partial charge in [-0.15, -0.1) is 0 Å². The van der Waals surface area contributed by atoms with Crippen LogP contribution >= 0.6 is 0 Å². The lowest BCUT2D eigenvalue weighted by Gasteiger charge is -2.46. The van der Waals surface area contributed by atoms with Gasteiger partial charge in [0.2, 0.25) is 0 Å². The third kappa shape index (κ3) is 1.95. The van der Waals surface area contributed by atoms with Crippen LogP contribution in [0.3, 0.4) is 0 Å². The highest BCUT2D eigenvalue weighted by molar-refractivity contribution is 4.90. The lowest BCUT2D eigenvalue weighted by atomic mass is 9.98. The van der Waals surface area contributed by atoms with E-state index in [1.54, 1.807) is 0 Å². The molecule has 2 atom stereocenters. The number of hydrogen-bond acceptors (Lipinski definition) is 3. The Morgan fingerprint density at radius 2 is 2.07 bits per heavy atom. The quantitative estimate of drug-likeness (QED) is 0.620. The molecule has 0 spiro atoms. The first-order valence-corrected chi connectivity index (χ1v) is 5.74. The van der Waals surface area contributed by atoms with Crippen LogP contribution in [0.25, 0.3) is 0 Å². The Hall–Kier alpha value is -0.120. The third-order valence-corrected chi connectivity index (χ3v) is 3.63. The Balaban J connectivity index is 1.96.